The molecule has 102 valence electrons. The third kappa shape index (κ3) is 4.21. The highest BCUT2D eigenvalue weighted by Crippen LogP contribution is 2.22. The Morgan fingerprint density at radius 2 is 1.78 bits per heavy atom. The quantitative estimate of drug-likeness (QED) is 0.824. The smallest absolute Gasteiger partial charge is 0.0538 e. The fraction of sp³-hybridized carbons (Fsp3) is 0.600. The topological polar surface area (TPSA) is 43.1 Å². The summed E-state index contributed by atoms with van der Waals surface area (Å²) in [5, 5.41) is 0.0569. The highest BCUT2D eigenvalue weighted by molar-refractivity contribution is 7.85. The Labute approximate surface area is 113 Å². The molecule has 0 radical (unpaired) electrons. The molecule has 2 N–H and O–H groups in total. The second-order valence-electron chi connectivity index (χ2n) is 4.94. The number of benzene rings is 1. The van der Waals surface area contributed by atoms with Crippen LogP contribution >= 0.6 is 0 Å². The SMILES string of the molecule is CCC(C)CS(=O)C(CC)C(N)c1ccccc1. The maximum atomic E-state index is 12.4. The van der Waals surface area contributed by atoms with E-state index in [4.69, 9.17) is 5.73 Å². The molecular formula is C15H25NOS. The maximum Gasteiger partial charge on any atom is 0.0538 e. The summed E-state index contributed by atoms with van der Waals surface area (Å²) in [5.41, 5.74) is 7.36. The lowest BCUT2D eigenvalue weighted by Gasteiger charge is -2.23. The second-order valence-corrected chi connectivity index (χ2v) is 6.64. The van der Waals surface area contributed by atoms with E-state index in [1.807, 2.05) is 30.3 Å². The van der Waals surface area contributed by atoms with E-state index in [9.17, 15) is 4.21 Å². The molecule has 0 aliphatic rings. The highest BCUT2D eigenvalue weighted by atomic mass is 32.2. The van der Waals surface area contributed by atoms with Gasteiger partial charge in [0.15, 0.2) is 0 Å². The molecule has 0 aliphatic heterocycles. The van der Waals surface area contributed by atoms with Gasteiger partial charge in [-0.25, -0.2) is 0 Å². The molecule has 0 bridgehead atoms. The van der Waals surface area contributed by atoms with Crippen molar-refractivity contribution in [2.75, 3.05) is 5.75 Å². The fourth-order valence-corrected chi connectivity index (χ4v) is 3.91. The van der Waals surface area contributed by atoms with E-state index in [1.54, 1.807) is 0 Å². The third-order valence-electron chi connectivity index (χ3n) is 3.47. The first-order valence-corrected chi connectivity index (χ1v) is 8.16. The van der Waals surface area contributed by atoms with Gasteiger partial charge in [-0.1, -0.05) is 57.5 Å². The Morgan fingerprint density at radius 3 is 2.28 bits per heavy atom. The molecular weight excluding hydrogens is 242 g/mol. The Kier molecular flexibility index (Phi) is 6.58. The molecule has 0 amide bonds. The summed E-state index contributed by atoms with van der Waals surface area (Å²) in [6.07, 6.45) is 1.93. The normalized spacial score (nSPS) is 18.0. The van der Waals surface area contributed by atoms with Gasteiger partial charge in [0.05, 0.1) is 5.25 Å². The van der Waals surface area contributed by atoms with E-state index in [0.717, 1.165) is 24.2 Å². The van der Waals surface area contributed by atoms with Crippen molar-refractivity contribution in [1.29, 1.82) is 0 Å². The molecule has 0 aliphatic carbocycles. The van der Waals surface area contributed by atoms with Crippen molar-refractivity contribution in [1.82, 2.24) is 0 Å². The van der Waals surface area contributed by atoms with Crippen molar-refractivity contribution in [2.45, 2.75) is 44.9 Å². The third-order valence-corrected chi connectivity index (χ3v) is 5.67. The zero-order valence-electron chi connectivity index (χ0n) is 11.6. The average molecular weight is 267 g/mol. The molecule has 0 aromatic heterocycles. The summed E-state index contributed by atoms with van der Waals surface area (Å²) in [5.74, 6) is 1.26. The molecule has 18 heavy (non-hydrogen) atoms. The molecule has 3 heteroatoms. The lowest BCUT2D eigenvalue weighted by molar-refractivity contribution is 0.584. The minimum absolute atomic E-state index is 0.0569. The summed E-state index contributed by atoms with van der Waals surface area (Å²) in [6, 6.07) is 9.87. The van der Waals surface area contributed by atoms with Gasteiger partial charge in [-0.15, -0.1) is 0 Å². The molecule has 0 heterocycles. The molecule has 1 aromatic carbocycles. The van der Waals surface area contributed by atoms with Crippen molar-refractivity contribution in [3.63, 3.8) is 0 Å². The standard InChI is InChI=1S/C15H25NOS/c1-4-12(3)11-18(17)14(5-2)15(16)13-9-7-6-8-10-13/h6-10,12,14-15H,4-5,11,16H2,1-3H3. The van der Waals surface area contributed by atoms with E-state index in [-0.39, 0.29) is 11.3 Å². The number of rotatable bonds is 7. The molecule has 1 aromatic rings. The van der Waals surface area contributed by atoms with Gasteiger partial charge in [-0.3, -0.25) is 4.21 Å². The van der Waals surface area contributed by atoms with Crippen LogP contribution in [0.5, 0.6) is 0 Å². The van der Waals surface area contributed by atoms with E-state index in [2.05, 4.69) is 20.8 Å². The summed E-state index contributed by atoms with van der Waals surface area (Å²) in [7, 11) is -0.843. The Balaban J connectivity index is 2.74. The maximum absolute atomic E-state index is 12.4. The fourth-order valence-electron chi connectivity index (χ4n) is 2.02. The molecule has 1 rings (SSSR count). The Hall–Kier alpha value is -0.670. The van der Waals surface area contributed by atoms with Crippen molar-refractivity contribution in [3.8, 4) is 0 Å². The lowest BCUT2D eigenvalue weighted by Crippen LogP contribution is -2.32. The first-order valence-electron chi connectivity index (χ1n) is 6.77. The first kappa shape index (κ1) is 15.4. The number of nitrogens with two attached hydrogens (primary N) is 1. The summed E-state index contributed by atoms with van der Waals surface area (Å²) >= 11 is 0. The predicted octanol–water partition coefficient (Wildman–Crippen LogP) is 3.26. The zero-order valence-corrected chi connectivity index (χ0v) is 12.5. The van der Waals surface area contributed by atoms with Crippen LogP contribution in [0.3, 0.4) is 0 Å². The monoisotopic (exact) mass is 267 g/mol. The van der Waals surface area contributed by atoms with Gasteiger partial charge < -0.3 is 5.73 Å². The van der Waals surface area contributed by atoms with E-state index >= 15 is 0 Å². The van der Waals surface area contributed by atoms with Gasteiger partial charge >= 0.3 is 0 Å². The van der Waals surface area contributed by atoms with Crippen molar-refractivity contribution in [2.24, 2.45) is 11.7 Å². The van der Waals surface area contributed by atoms with Crippen LogP contribution in [-0.4, -0.2) is 15.2 Å². The van der Waals surface area contributed by atoms with Gasteiger partial charge in [-0.05, 0) is 17.9 Å². The Bertz CT molecular complexity index is 366. The van der Waals surface area contributed by atoms with Gasteiger partial charge in [0.2, 0.25) is 0 Å². The van der Waals surface area contributed by atoms with Crippen LogP contribution in [0.1, 0.15) is 45.2 Å². The minimum atomic E-state index is -0.843. The average Bonchev–Trinajstić information content (AvgIpc) is 2.40. The van der Waals surface area contributed by atoms with Crippen LogP contribution in [-0.2, 0) is 10.8 Å². The van der Waals surface area contributed by atoms with Gasteiger partial charge in [0, 0.05) is 22.6 Å². The molecule has 4 atom stereocenters. The zero-order chi connectivity index (χ0) is 13.5. The van der Waals surface area contributed by atoms with Crippen LogP contribution in [0, 0.1) is 5.92 Å². The van der Waals surface area contributed by atoms with Crippen LogP contribution in [0.4, 0.5) is 0 Å². The molecule has 0 fully saturated rings. The molecule has 4 unspecified atom stereocenters. The number of hydrogen-bond donors (Lipinski definition) is 1. The van der Waals surface area contributed by atoms with Crippen LogP contribution in [0.15, 0.2) is 30.3 Å². The van der Waals surface area contributed by atoms with Crippen molar-refractivity contribution in [3.05, 3.63) is 35.9 Å². The Morgan fingerprint density at radius 1 is 1.17 bits per heavy atom. The van der Waals surface area contributed by atoms with Gasteiger partial charge in [0.25, 0.3) is 0 Å². The number of hydrogen-bond acceptors (Lipinski definition) is 2. The highest BCUT2D eigenvalue weighted by Gasteiger charge is 2.24. The van der Waals surface area contributed by atoms with E-state index < -0.39 is 10.8 Å². The summed E-state index contributed by atoms with van der Waals surface area (Å²) in [4.78, 5) is 0. The van der Waals surface area contributed by atoms with Gasteiger partial charge in [0.1, 0.15) is 0 Å². The van der Waals surface area contributed by atoms with Crippen LogP contribution in [0.2, 0.25) is 0 Å². The van der Waals surface area contributed by atoms with Gasteiger partial charge in [-0.2, -0.15) is 0 Å². The molecule has 0 saturated carbocycles. The van der Waals surface area contributed by atoms with Crippen molar-refractivity contribution < 1.29 is 4.21 Å². The minimum Gasteiger partial charge on any atom is -0.323 e. The molecule has 0 spiro atoms. The molecule has 0 saturated heterocycles. The summed E-state index contributed by atoms with van der Waals surface area (Å²) < 4.78 is 12.4. The first-order chi connectivity index (χ1) is 8.60. The van der Waals surface area contributed by atoms with Crippen molar-refractivity contribution >= 4 is 10.8 Å². The predicted molar refractivity (Wildman–Crippen MR) is 79.9 cm³/mol. The van der Waals surface area contributed by atoms with E-state index in [0.29, 0.717) is 5.92 Å². The second kappa shape index (κ2) is 7.70. The largest absolute Gasteiger partial charge is 0.323 e. The molecule has 2 nitrogen and oxygen atoms in total. The lowest BCUT2D eigenvalue weighted by atomic mass is 10.0. The summed E-state index contributed by atoms with van der Waals surface area (Å²) in [6.45, 7) is 6.36. The van der Waals surface area contributed by atoms with Crippen LogP contribution < -0.4 is 5.73 Å². The van der Waals surface area contributed by atoms with Crippen LogP contribution in [0.25, 0.3) is 0 Å². The van der Waals surface area contributed by atoms with E-state index in [1.165, 1.54) is 0 Å².